The van der Waals surface area contributed by atoms with Gasteiger partial charge in [-0.2, -0.15) is 0 Å². The zero-order valence-electron chi connectivity index (χ0n) is 10.7. The minimum absolute atomic E-state index is 0.124. The SMILES string of the molecule is [C-]#[N+]c1ccc(/C=C/C(=O)c2cccc(Br)c2O)c(F)c1. The first-order valence-electron chi connectivity index (χ1n) is 5.90. The van der Waals surface area contributed by atoms with Crippen molar-refractivity contribution in [3.05, 3.63) is 75.3 Å². The van der Waals surface area contributed by atoms with Crippen molar-refractivity contribution in [2.45, 2.75) is 0 Å². The molecule has 0 fully saturated rings. The van der Waals surface area contributed by atoms with Gasteiger partial charge in [0.15, 0.2) is 11.5 Å². The molecule has 0 spiro atoms. The van der Waals surface area contributed by atoms with Gasteiger partial charge in [-0.3, -0.25) is 4.79 Å². The van der Waals surface area contributed by atoms with Gasteiger partial charge in [0.05, 0.1) is 16.6 Å². The van der Waals surface area contributed by atoms with Crippen molar-refractivity contribution in [3.8, 4) is 5.75 Å². The highest BCUT2D eigenvalue weighted by molar-refractivity contribution is 9.10. The van der Waals surface area contributed by atoms with Crippen molar-refractivity contribution in [3.63, 3.8) is 0 Å². The highest BCUT2D eigenvalue weighted by atomic mass is 79.9. The molecular formula is C16H9BrFNO2. The lowest BCUT2D eigenvalue weighted by atomic mass is 10.1. The fourth-order valence-corrected chi connectivity index (χ4v) is 2.06. The van der Waals surface area contributed by atoms with Crippen LogP contribution in [0, 0.1) is 12.4 Å². The van der Waals surface area contributed by atoms with Gasteiger partial charge in [-0.05, 0) is 46.3 Å². The van der Waals surface area contributed by atoms with Crippen LogP contribution in [0.5, 0.6) is 5.75 Å². The first-order valence-corrected chi connectivity index (χ1v) is 6.69. The zero-order chi connectivity index (χ0) is 15.4. The largest absolute Gasteiger partial charge is 0.506 e. The fourth-order valence-electron chi connectivity index (χ4n) is 1.69. The third-order valence-electron chi connectivity index (χ3n) is 2.78. The molecule has 0 aliphatic rings. The number of para-hydroxylation sites is 1. The fraction of sp³-hybridized carbons (Fsp3) is 0. The first kappa shape index (κ1) is 14.9. The second-order valence-corrected chi connectivity index (χ2v) is 5.01. The summed E-state index contributed by atoms with van der Waals surface area (Å²) < 4.78 is 14.1. The maximum absolute atomic E-state index is 13.7. The number of ketones is 1. The number of phenols is 1. The van der Waals surface area contributed by atoms with Crippen LogP contribution < -0.4 is 0 Å². The van der Waals surface area contributed by atoms with Crippen molar-refractivity contribution in [2.24, 2.45) is 0 Å². The number of phenolic OH excluding ortho intramolecular Hbond substituents is 1. The number of aromatic hydroxyl groups is 1. The van der Waals surface area contributed by atoms with Crippen LogP contribution in [-0.4, -0.2) is 10.9 Å². The number of carbonyl (C=O) groups is 1. The molecule has 1 N–H and O–H groups in total. The van der Waals surface area contributed by atoms with E-state index in [1.54, 1.807) is 12.1 Å². The molecule has 2 aromatic carbocycles. The van der Waals surface area contributed by atoms with Crippen LogP contribution in [0.2, 0.25) is 0 Å². The molecule has 0 radical (unpaired) electrons. The maximum atomic E-state index is 13.7. The quantitative estimate of drug-likeness (QED) is 0.495. The van der Waals surface area contributed by atoms with E-state index in [-0.39, 0.29) is 22.6 Å². The normalized spacial score (nSPS) is 10.5. The highest BCUT2D eigenvalue weighted by Gasteiger charge is 2.10. The number of benzene rings is 2. The van der Waals surface area contributed by atoms with Crippen LogP contribution in [0.4, 0.5) is 10.1 Å². The molecule has 2 rings (SSSR count). The average Bonchev–Trinajstić information content (AvgIpc) is 2.48. The average molecular weight is 346 g/mol. The Morgan fingerprint density at radius 2 is 2.10 bits per heavy atom. The van der Waals surface area contributed by atoms with Crippen LogP contribution in [0.25, 0.3) is 10.9 Å². The maximum Gasteiger partial charge on any atom is 0.190 e. The molecule has 0 heterocycles. The van der Waals surface area contributed by atoms with Crippen LogP contribution in [0.15, 0.2) is 46.9 Å². The Hall–Kier alpha value is -2.45. The molecule has 0 aliphatic carbocycles. The summed E-state index contributed by atoms with van der Waals surface area (Å²) in [5, 5.41) is 9.78. The summed E-state index contributed by atoms with van der Waals surface area (Å²) in [6.45, 7) is 6.79. The van der Waals surface area contributed by atoms with Crippen molar-refractivity contribution in [1.29, 1.82) is 0 Å². The van der Waals surface area contributed by atoms with Crippen molar-refractivity contribution in [2.75, 3.05) is 0 Å². The van der Waals surface area contributed by atoms with Gasteiger partial charge in [-0.25, -0.2) is 9.24 Å². The zero-order valence-corrected chi connectivity index (χ0v) is 12.3. The molecule has 0 aliphatic heterocycles. The predicted molar refractivity (Wildman–Crippen MR) is 81.8 cm³/mol. The number of halogens is 2. The predicted octanol–water partition coefficient (Wildman–Crippen LogP) is 4.74. The first-order chi connectivity index (χ1) is 10.0. The lowest BCUT2D eigenvalue weighted by Crippen LogP contribution is -1.95. The topological polar surface area (TPSA) is 41.7 Å². The number of hydrogen-bond donors (Lipinski definition) is 1. The summed E-state index contributed by atoms with van der Waals surface area (Å²) in [4.78, 5) is 15.1. The van der Waals surface area contributed by atoms with E-state index in [0.29, 0.717) is 4.47 Å². The van der Waals surface area contributed by atoms with Gasteiger partial charge in [0, 0.05) is 5.56 Å². The van der Waals surface area contributed by atoms with Gasteiger partial charge in [-0.15, -0.1) is 0 Å². The Balaban J connectivity index is 2.27. The van der Waals surface area contributed by atoms with Crippen LogP contribution in [-0.2, 0) is 0 Å². The lowest BCUT2D eigenvalue weighted by molar-refractivity contribution is 0.104. The van der Waals surface area contributed by atoms with E-state index in [9.17, 15) is 14.3 Å². The van der Waals surface area contributed by atoms with E-state index in [4.69, 9.17) is 6.57 Å². The summed E-state index contributed by atoms with van der Waals surface area (Å²) in [7, 11) is 0. The Morgan fingerprint density at radius 1 is 1.33 bits per heavy atom. The molecular weight excluding hydrogens is 337 g/mol. The summed E-state index contributed by atoms with van der Waals surface area (Å²) in [6, 6.07) is 8.71. The molecule has 0 bridgehead atoms. The molecule has 0 aromatic heterocycles. The van der Waals surface area contributed by atoms with Crippen LogP contribution in [0.1, 0.15) is 15.9 Å². The standard InChI is InChI=1S/C16H9BrFNO2/c1-19-11-7-5-10(14(18)9-11)6-8-15(20)12-3-2-4-13(17)16(12)21/h2-9,21H/b8-6+. The molecule has 3 nitrogen and oxygen atoms in total. The van der Waals surface area contributed by atoms with Crippen LogP contribution in [0.3, 0.4) is 0 Å². The summed E-state index contributed by atoms with van der Waals surface area (Å²) >= 11 is 3.12. The van der Waals surface area contributed by atoms with Crippen molar-refractivity contribution < 1.29 is 14.3 Å². The summed E-state index contributed by atoms with van der Waals surface area (Å²) in [6.07, 6.45) is 2.49. The molecule has 0 saturated heterocycles. The highest BCUT2D eigenvalue weighted by Crippen LogP contribution is 2.28. The lowest BCUT2D eigenvalue weighted by Gasteiger charge is -2.02. The van der Waals surface area contributed by atoms with E-state index >= 15 is 0 Å². The smallest absolute Gasteiger partial charge is 0.190 e. The molecule has 0 saturated carbocycles. The molecule has 21 heavy (non-hydrogen) atoms. The third kappa shape index (κ3) is 3.36. The van der Waals surface area contributed by atoms with Gasteiger partial charge in [0.25, 0.3) is 0 Å². The minimum Gasteiger partial charge on any atom is -0.506 e. The van der Waals surface area contributed by atoms with Gasteiger partial charge in [0.1, 0.15) is 11.6 Å². The molecule has 2 aromatic rings. The van der Waals surface area contributed by atoms with Crippen LogP contribution >= 0.6 is 15.9 Å². The minimum atomic E-state index is -0.578. The number of nitrogens with zero attached hydrogens (tertiary/aromatic N) is 1. The van der Waals surface area contributed by atoms with Gasteiger partial charge >= 0.3 is 0 Å². The number of rotatable bonds is 3. The van der Waals surface area contributed by atoms with E-state index in [0.717, 1.165) is 6.07 Å². The summed E-state index contributed by atoms with van der Waals surface area (Å²) in [5.74, 6) is -1.18. The number of allylic oxidation sites excluding steroid dienone is 1. The Bertz CT molecular complexity index is 778. The molecule has 0 atom stereocenters. The number of hydrogen-bond acceptors (Lipinski definition) is 2. The molecule has 5 heteroatoms. The number of carbonyl (C=O) groups excluding carboxylic acids is 1. The second kappa shape index (κ2) is 6.33. The van der Waals surface area contributed by atoms with E-state index in [1.807, 2.05) is 0 Å². The van der Waals surface area contributed by atoms with Gasteiger partial charge < -0.3 is 5.11 Å². The molecule has 0 unspecified atom stereocenters. The molecule has 0 amide bonds. The van der Waals surface area contributed by atoms with Crippen molar-refractivity contribution >= 4 is 33.5 Å². The summed E-state index contributed by atoms with van der Waals surface area (Å²) in [5.41, 5.74) is 0.518. The third-order valence-corrected chi connectivity index (χ3v) is 3.42. The van der Waals surface area contributed by atoms with Crippen molar-refractivity contribution in [1.82, 2.24) is 0 Å². The second-order valence-electron chi connectivity index (χ2n) is 4.15. The monoisotopic (exact) mass is 345 g/mol. The molecule has 104 valence electrons. The van der Waals surface area contributed by atoms with Gasteiger partial charge in [-0.1, -0.05) is 18.2 Å². The van der Waals surface area contributed by atoms with E-state index in [1.165, 1.54) is 30.4 Å². The Morgan fingerprint density at radius 3 is 2.76 bits per heavy atom. The van der Waals surface area contributed by atoms with E-state index in [2.05, 4.69) is 20.8 Å². The van der Waals surface area contributed by atoms with Gasteiger partial charge in [0.2, 0.25) is 0 Å². The Kier molecular flexibility index (Phi) is 4.51. The Labute approximate surface area is 129 Å². The van der Waals surface area contributed by atoms with E-state index < -0.39 is 11.6 Å².